The van der Waals surface area contributed by atoms with Crippen molar-refractivity contribution in [3.8, 4) is 0 Å². The van der Waals surface area contributed by atoms with Gasteiger partial charge < -0.3 is 10.2 Å². The normalized spacial score (nSPS) is 13.7. The molecular formula is C16H31Cl2NO4. The smallest absolute Gasteiger partial charge is 0.216 e. The van der Waals surface area contributed by atoms with Crippen LogP contribution in [0.1, 0.15) is 47.0 Å². The zero-order chi connectivity index (χ0) is 19.2. The van der Waals surface area contributed by atoms with Crippen LogP contribution in [-0.2, 0) is 0 Å². The first-order chi connectivity index (χ1) is 10.7. The van der Waals surface area contributed by atoms with Crippen LogP contribution in [0, 0.1) is 21.4 Å². The van der Waals surface area contributed by atoms with Gasteiger partial charge in [0.25, 0.3) is 0 Å². The maximum Gasteiger partial charge on any atom is 0.216 e. The number of rotatable bonds is 8. The van der Waals surface area contributed by atoms with Gasteiger partial charge in [-0.3, -0.25) is 10.1 Å². The number of aliphatic hydroxyl groups excluding tert-OH is 2. The van der Waals surface area contributed by atoms with E-state index in [1.54, 1.807) is 6.08 Å². The molecule has 0 aliphatic rings. The van der Waals surface area contributed by atoms with Crippen LogP contribution in [-0.4, -0.2) is 35.4 Å². The molecule has 0 rings (SSSR count). The molecule has 0 amide bonds. The summed E-state index contributed by atoms with van der Waals surface area (Å²) in [5.74, 6) is -0.0905. The summed E-state index contributed by atoms with van der Waals surface area (Å²) in [7, 11) is 2.00. The Morgan fingerprint density at radius 2 is 1.70 bits per heavy atom. The van der Waals surface area contributed by atoms with E-state index in [-0.39, 0.29) is 15.9 Å². The third kappa shape index (κ3) is 10.7. The molecule has 0 aromatic carbocycles. The minimum Gasteiger partial charge on any atom is -0.400 e. The van der Waals surface area contributed by atoms with Gasteiger partial charge in [-0.1, -0.05) is 63.6 Å². The zero-order valence-electron chi connectivity index (χ0n) is 15.0. The summed E-state index contributed by atoms with van der Waals surface area (Å²) in [5, 5.41) is 25.9. The Labute approximate surface area is 150 Å². The monoisotopic (exact) mass is 371 g/mol. The second-order valence-corrected chi connectivity index (χ2v) is 6.24. The maximum atomic E-state index is 11.3. The standard InChI is InChI=1S/C14H23Cl2NO2.2CH4O/c1-6-8-13(17(18)19)11(7-2)14(4,5)9-12(16)10(3)15;2*1-2/h9,11,13H,3,6-8H2,1-2,4-5H3;2*2H,1H3/b12-9+;;/t11-,13-;;/m0../s1. The van der Waals surface area contributed by atoms with Crippen molar-refractivity contribution < 1.29 is 15.1 Å². The van der Waals surface area contributed by atoms with Crippen molar-refractivity contribution >= 4 is 23.2 Å². The lowest BCUT2D eigenvalue weighted by Gasteiger charge is -2.33. The number of nitro groups is 1. The molecule has 0 heterocycles. The van der Waals surface area contributed by atoms with Gasteiger partial charge in [0.2, 0.25) is 6.04 Å². The SMILES string of the molecule is C=C(Cl)/C(Cl)=C\C(C)(C)[C@@H](CC)[C@H](CCC)[N+](=O)[O-].CO.CO. The zero-order valence-corrected chi connectivity index (χ0v) is 16.5. The minimum absolute atomic E-state index is 0.0905. The lowest BCUT2D eigenvalue weighted by molar-refractivity contribution is -0.536. The quantitative estimate of drug-likeness (QED) is 0.371. The fraction of sp³-hybridized carbons (Fsp3) is 0.750. The topological polar surface area (TPSA) is 83.6 Å². The van der Waals surface area contributed by atoms with Crippen LogP contribution in [0.5, 0.6) is 0 Å². The Bertz CT molecular complexity index is 371. The van der Waals surface area contributed by atoms with E-state index in [2.05, 4.69) is 6.58 Å². The summed E-state index contributed by atoms with van der Waals surface area (Å²) >= 11 is 11.8. The average molecular weight is 372 g/mol. The third-order valence-corrected chi connectivity index (χ3v) is 4.11. The highest BCUT2D eigenvalue weighted by molar-refractivity contribution is 6.43. The van der Waals surface area contributed by atoms with E-state index >= 15 is 0 Å². The molecule has 2 N–H and O–H groups in total. The summed E-state index contributed by atoms with van der Waals surface area (Å²) in [6, 6.07) is -0.561. The van der Waals surface area contributed by atoms with Gasteiger partial charge in [-0.25, -0.2) is 0 Å². The first-order valence-electron chi connectivity index (χ1n) is 7.43. The van der Waals surface area contributed by atoms with Crippen LogP contribution < -0.4 is 0 Å². The lowest BCUT2D eigenvalue weighted by atomic mass is 9.72. The van der Waals surface area contributed by atoms with Crippen LogP contribution in [0.3, 0.4) is 0 Å². The Hall–Kier alpha value is -0.620. The highest BCUT2D eigenvalue weighted by Crippen LogP contribution is 2.38. The molecule has 23 heavy (non-hydrogen) atoms. The largest absolute Gasteiger partial charge is 0.400 e. The van der Waals surface area contributed by atoms with Crippen molar-refractivity contribution in [3.05, 3.63) is 32.8 Å². The molecule has 5 nitrogen and oxygen atoms in total. The average Bonchev–Trinajstić information content (AvgIpc) is 2.50. The van der Waals surface area contributed by atoms with Crippen LogP contribution in [0.4, 0.5) is 0 Å². The molecule has 0 unspecified atom stereocenters. The van der Waals surface area contributed by atoms with Crippen LogP contribution >= 0.6 is 23.2 Å². The maximum absolute atomic E-state index is 11.3. The molecule has 138 valence electrons. The number of halogens is 2. The Balaban J connectivity index is -0.000000919. The first kappa shape index (κ1) is 27.2. The van der Waals surface area contributed by atoms with Crippen molar-refractivity contribution in [2.45, 2.75) is 53.0 Å². The van der Waals surface area contributed by atoms with Crippen molar-refractivity contribution in [3.63, 3.8) is 0 Å². The van der Waals surface area contributed by atoms with Gasteiger partial charge >= 0.3 is 0 Å². The molecule has 0 aliphatic carbocycles. The Kier molecular flexibility index (Phi) is 17.7. The number of nitrogens with zero attached hydrogens (tertiary/aromatic N) is 1. The van der Waals surface area contributed by atoms with Crippen molar-refractivity contribution in [1.29, 1.82) is 0 Å². The van der Waals surface area contributed by atoms with Gasteiger partial charge in [0.1, 0.15) is 0 Å². The van der Waals surface area contributed by atoms with Gasteiger partial charge in [0.05, 0.1) is 10.1 Å². The summed E-state index contributed by atoms with van der Waals surface area (Å²) in [6.07, 6.45) is 3.86. The predicted octanol–water partition coefficient (Wildman–Crippen LogP) is 4.58. The van der Waals surface area contributed by atoms with Gasteiger partial charge in [0.15, 0.2) is 0 Å². The number of hydrogen-bond donors (Lipinski definition) is 2. The molecule has 0 aliphatic heterocycles. The highest BCUT2D eigenvalue weighted by atomic mass is 35.5. The highest BCUT2D eigenvalue weighted by Gasteiger charge is 2.39. The van der Waals surface area contributed by atoms with E-state index in [1.165, 1.54) is 0 Å². The molecule has 0 aromatic rings. The second-order valence-electron chi connectivity index (χ2n) is 5.37. The third-order valence-electron chi connectivity index (χ3n) is 3.47. The molecule has 0 aromatic heterocycles. The molecule has 0 spiro atoms. The number of hydrogen-bond acceptors (Lipinski definition) is 4. The fourth-order valence-electron chi connectivity index (χ4n) is 2.56. The fourth-order valence-corrected chi connectivity index (χ4v) is 2.89. The van der Waals surface area contributed by atoms with Gasteiger partial charge in [-0.2, -0.15) is 0 Å². The molecule has 0 radical (unpaired) electrons. The van der Waals surface area contributed by atoms with Crippen LogP contribution in [0.2, 0.25) is 0 Å². The molecule has 0 fully saturated rings. The molecule has 0 bridgehead atoms. The predicted molar refractivity (Wildman–Crippen MR) is 98.5 cm³/mol. The molecule has 0 saturated heterocycles. The van der Waals surface area contributed by atoms with Crippen molar-refractivity contribution in [2.75, 3.05) is 14.2 Å². The minimum atomic E-state index is -0.561. The summed E-state index contributed by atoms with van der Waals surface area (Å²) < 4.78 is 0. The summed E-state index contributed by atoms with van der Waals surface area (Å²) in [5.41, 5.74) is -0.406. The van der Waals surface area contributed by atoms with Gasteiger partial charge in [0, 0.05) is 31.5 Å². The van der Waals surface area contributed by atoms with Gasteiger partial charge in [-0.05, 0) is 18.3 Å². The van der Waals surface area contributed by atoms with E-state index in [0.717, 1.165) is 20.6 Å². The number of aliphatic hydroxyl groups is 2. The number of allylic oxidation sites excluding steroid dienone is 3. The van der Waals surface area contributed by atoms with Crippen LogP contribution in [0.15, 0.2) is 22.7 Å². The van der Waals surface area contributed by atoms with E-state index in [0.29, 0.717) is 17.9 Å². The first-order valence-corrected chi connectivity index (χ1v) is 8.19. The lowest BCUT2D eigenvalue weighted by Crippen LogP contribution is -2.37. The summed E-state index contributed by atoms with van der Waals surface area (Å²) in [4.78, 5) is 11.1. The van der Waals surface area contributed by atoms with Crippen molar-refractivity contribution in [1.82, 2.24) is 0 Å². The molecule has 2 atom stereocenters. The van der Waals surface area contributed by atoms with E-state index in [1.807, 2.05) is 27.7 Å². The molecular weight excluding hydrogens is 341 g/mol. The molecule has 0 saturated carbocycles. The van der Waals surface area contributed by atoms with E-state index in [4.69, 9.17) is 33.4 Å². The van der Waals surface area contributed by atoms with E-state index in [9.17, 15) is 10.1 Å². The van der Waals surface area contributed by atoms with Crippen molar-refractivity contribution in [2.24, 2.45) is 11.3 Å². The molecule has 7 heteroatoms. The van der Waals surface area contributed by atoms with E-state index < -0.39 is 11.5 Å². The second kappa shape index (κ2) is 14.9. The van der Waals surface area contributed by atoms with Crippen LogP contribution in [0.25, 0.3) is 0 Å². The Morgan fingerprint density at radius 3 is 1.96 bits per heavy atom. The summed E-state index contributed by atoms with van der Waals surface area (Å²) in [6.45, 7) is 11.4. The van der Waals surface area contributed by atoms with Gasteiger partial charge in [-0.15, -0.1) is 0 Å². The Morgan fingerprint density at radius 1 is 1.26 bits per heavy atom.